The van der Waals surface area contributed by atoms with Gasteiger partial charge in [0, 0.05) is 20.3 Å². The molecular weight excluding hydrogens is 401 g/mol. The van der Waals surface area contributed by atoms with Gasteiger partial charge < -0.3 is 14.8 Å². The highest BCUT2D eigenvalue weighted by molar-refractivity contribution is 14.1. The van der Waals surface area contributed by atoms with Crippen molar-refractivity contribution < 1.29 is 9.47 Å². The Morgan fingerprint density at radius 3 is 2.62 bits per heavy atom. The van der Waals surface area contributed by atoms with Crippen LogP contribution in [0.5, 0.6) is 11.5 Å². The second-order valence-corrected chi connectivity index (χ2v) is 6.49. The second-order valence-electron chi connectivity index (χ2n) is 4.89. The van der Waals surface area contributed by atoms with Gasteiger partial charge in [-0.2, -0.15) is 0 Å². The van der Waals surface area contributed by atoms with Gasteiger partial charge in [0.1, 0.15) is 13.2 Å². The Balaban J connectivity index is 1.80. The van der Waals surface area contributed by atoms with E-state index in [4.69, 9.17) is 21.1 Å². The van der Waals surface area contributed by atoms with Crippen molar-refractivity contribution >= 4 is 39.9 Å². The molecule has 0 amide bonds. The Morgan fingerprint density at radius 2 is 1.86 bits per heavy atom. The molecule has 110 valence electrons. The molecule has 5 heteroatoms. The van der Waals surface area contributed by atoms with Gasteiger partial charge in [0.25, 0.3) is 0 Å². The third kappa shape index (κ3) is 3.37. The van der Waals surface area contributed by atoms with Crippen molar-refractivity contribution in [3.63, 3.8) is 0 Å². The minimum absolute atomic E-state index is 0.163. The molecule has 0 spiro atoms. The average molecular weight is 416 g/mol. The van der Waals surface area contributed by atoms with Gasteiger partial charge >= 0.3 is 0 Å². The smallest absolute Gasteiger partial charge is 0.161 e. The van der Waals surface area contributed by atoms with Gasteiger partial charge in [0.05, 0.1) is 0 Å². The van der Waals surface area contributed by atoms with E-state index in [1.807, 2.05) is 30.3 Å². The highest BCUT2D eigenvalue weighted by Gasteiger charge is 2.15. The van der Waals surface area contributed by atoms with E-state index in [0.29, 0.717) is 13.2 Å². The van der Waals surface area contributed by atoms with E-state index in [1.54, 1.807) is 0 Å². The molecule has 3 nitrogen and oxygen atoms in total. The van der Waals surface area contributed by atoms with Crippen LogP contribution >= 0.6 is 34.2 Å². The van der Waals surface area contributed by atoms with Crippen LogP contribution in [0, 0.1) is 3.57 Å². The van der Waals surface area contributed by atoms with E-state index in [2.05, 4.69) is 40.9 Å². The molecule has 2 aromatic rings. The maximum absolute atomic E-state index is 5.99. The molecule has 0 aliphatic carbocycles. The van der Waals surface area contributed by atoms with Gasteiger partial charge in [-0.05, 0) is 65.4 Å². The summed E-state index contributed by atoms with van der Waals surface area (Å²) in [5.74, 6) is 1.64. The zero-order valence-electron chi connectivity index (χ0n) is 11.5. The second kappa shape index (κ2) is 6.32. The number of nitrogens with one attached hydrogen (secondary N) is 1. The topological polar surface area (TPSA) is 30.5 Å². The number of hydrogen-bond donors (Lipinski definition) is 1. The van der Waals surface area contributed by atoms with Crippen molar-refractivity contribution in [2.75, 3.05) is 18.5 Å². The molecule has 3 rings (SSSR count). The van der Waals surface area contributed by atoms with Crippen molar-refractivity contribution in [1.29, 1.82) is 0 Å². The van der Waals surface area contributed by atoms with E-state index in [1.165, 1.54) is 0 Å². The zero-order chi connectivity index (χ0) is 14.8. The first-order chi connectivity index (χ1) is 10.1. The lowest BCUT2D eigenvalue weighted by Crippen LogP contribution is -2.16. The number of halogens is 2. The number of benzene rings is 2. The van der Waals surface area contributed by atoms with Crippen LogP contribution in [0.3, 0.4) is 0 Å². The summed E-state index contributed by atoms with van der Waals surface area (Å²) in [6.45, 7) is 3.34. The van der Waals surface area contributed by atoms with E-state index in [0.717, 1.165) is 31.3 Å². The molecule has 0 saturated carbocycles. The lowest BCUT2D eigenvalue weighted by atomic mass is 10.1. The first kappa shape index (κ1) is 14.8. The van der Waals surface area contributed by atoms with E-state index < -0.39 is 0 Å². The highest BCUT2D eigenvalue weighted by Crippen LogP contribution is 2.34. The zero-order valence-corrected chi connectivity index (χ0v) is 14.4. The largest absolute Gasteiger partial charge is 0.486 e. The Hall–Kier alpha value is -1.14. The van der Waals surface area contributed by atoms with E-state index >= 15 is 0 Å². The third-order valence-electron chi connectivity index (χ3n) is 3.37. The van der Waals surface area contributed by atoms with Gasteiger partial charge in [-0.15, -0.1) is 0 Å². The Morgan fingerprint density at radius 1 is 1.10 bits per heavy atom. The first-order valence-corrected chi connectivity index (χ1v) is 8.20. The summed E-state index contributed by atoms with van der Waals surface area (Å²) in [6, 6.07) is 12.1. The lowest BCUT2D eigenvalue weighted by molar-refractivity contribution is 0.171. The summed E-state index contributed by atoms with van der Waals surface area (Å²) in [6.07, 6.45) is 0. The molecule has 21 heavy (non-hydrogen) atoms. The molecule has 2 aromatic carbocycles. The lowest BCUT2D eigenvalue weighted by Gasteiger charge is -2.22. The molecule has 0 bridgehead atoms. The van der Waals surface area contributed by atoms with E-state index in [-0.39, 0.29) is 6.04 Å². The van der Waals surface area contributed by atoms with Crippen molar-refractivity contribution in [2.45, 2.75) is 13.0 Å². The van der Waals surface area contributed by atoms with Gasteiger partial charge in [0.15, 0.2) is 11.5 Å². The summed E-state index contributed by atoms with van der Waals surface area (Å²) in [4.78, 5) is 0. The molecule has 0 radical (unpaired) electrons. The van der Waals surface area contributed by atoms with Gasteiger partial charge in [-0.1, -0.05) is 17.7 Å². The summed E-state index contributed by atoms with van der Waals surface area (Å²) in [5, 5.41) is 4.25. The maximum Gasteiger partial charge on any atom is 0.161 e. The van der Waals surface area contributed by atoms with Crippen LogP contribution in [0.4, 0.5) is 5.69 Å². The number of fused-ring (bicyclic) bond motifs is 1. The Labute approximate surface area is 142 Å². The van der Waals surface area contributed by atoms with Crippen molar-refractivity contribution in [3.05, 3.63) is 50.6 Å². The van der Waals surface area contributed by atoms with Crippen molar-refractivity contribution in [2.24, 2.45) is 0 Å². The molecule has 0 fully saturated rings. The average Bonchev–Trinajstić information content (AvgIpc) is 2.49. The quantitative estimate of drug-likeness (QED) is 0.724. The molecule has 1 aliphatic heterocycles. The summed E-state index contributed by atoms with van der Waals surface area (Å²) >= 11 is 8.27. The van der Waals surface area contributed by atoms with Crippen LogP contribution in [0.15, 0.2) is 36.4 Å². The van der Waals surface area contributed by atoms with Crippen LogP contribution in [-0.4, -0.2) is 13.2 Å². The normalized spacial score (nSPS) is 14.6. The maximum atomic E-state index is 5.99. The van der Waals surface area contributed by atoms with E-state index in [9.17, 15) is 0 Å². The SMILES string of the molecule is CC(Nc1ccc(Cl)cc1I)c1ccc2c(c1)OCCO2. The predicted octanol–water partition coefficient (Wildman–Crippen LogP) is 4.89. The van der Waals surface area contributed by atoms with Crippen LogP contribution in [0.25, 0.3) is 0 Å². The molecule has 0 aromatic heterocycles. The fourth-order valence-electron chi connectivity index (χ4n) is 2.25. The number of rotatable bonds is 3. The van der Waals surface area contributed by atoms with Crippen LogP contribution < -0.4 is 14.8 Å². The summed E-state index contributed by atoms with van der Waals surface area (Å²) < 4.78 is 12.3. The Kier molecular flexibility index (Phi) is 4.45. The molecule has 1 heterocycles. The molecular formula is C16H15ClINO2. The fraction of sp³-hybridized carbons (Fsp3) is 0.250. The van der Waals surface area contributed by atoms with Crippen molar-refractivity contribution in [1.82, 2.24) is 0 Å². The number of ether oxygens (including phenoxy) is 2. The number of hydrogen-bond acceptors (Lipinski definition) is 3. The van der Waals surface area contributed by atoms with Gasteiger partial charge in [-0.3, -0.25) is 0 Å². The minimum Gasteiger partial charge on any atom is -0.486 e. The Bertz CT molecular complexity index is 663. The minimum atomic E-state index is 0.163. The highest BCUT2D eigenvalue weighted by atomic mass is 127. The van der Waals surface area contributed by atoms with Gasteiger partial charge in [-0.25, -0.2) is 0 Å². The molecule has 1 atom stereocenters. The predicted molar refractivity (Wildman–Crippen MR) is 93.6 cm³/mol. The third-order valence-corrected chi connectivity index (χ3v) is 4.50. The molecule has 1 aliphatic rings. The van der Waals surface area contributed by atoms with Gasteiger partial charge in [0.2, 0.25) is 0 Å². The van der Waals surface area contributed by atoms with Crippen LogP contribution in [-0.2, 0) is 0 Å². The van der Waals surface area contributed by atoms with Crippen LogP contribution in [0.1, 0.15) is 18.5 Å². The summed E-state index contributed by atoms with van der Waals surface area (Å²) in [5.41, 5.74) is 2.23. The molecule has 1 unspecified atom stereocenters. The fourth-order valence-corrected chi connectivity index (χ4v) is 3.28. The standard InChI is InChI=1S/C16H15ClINO2/c1-10(19-14-4-3-12(17)9-13(14)18)11-2-5-15-16(8-11)21-7-6-20-15/h2-5,8-10,19H,6-7H2,1H3. The molecule has 0 saturated heterocycles. The summed E-state index contributed by atoms with van der Waals surface area (Å²) in [7, 11) is 0. The first-order valence-electron chi connectivity index (χ1n) is 6.74. The number of anilines is 1. The molecule has 1 N–H and O–H groups in total. The van der Waals surface area contributed by atoms with Crippen molar-refractivity contribution in [3.8, 4) is 11.5 Å². The van der Waals surface area contributed by atoms with Crippen LogP contribution in [0.2, 0.25) is 5.02 Å². The monoisotopic (exact) mass is 415 g/mol.